The number of halogens is 2. The molecule has 0 saturated carbocycles. The molecule has 0 fully saturated rings. The van der Waals surface area contributed by atoms with E-state index in [-0.39, 0.29) is 11.3 Å². The molecule has 9 heteroatoms. The van der Waals surface area contributed by atoms with Crippen molar-refractivity contribution in [3.05, 3.63) is 81.9 Å². The van der Waals surface area contributed by atoms with Crippen molar-refractivity contribution in [1.82, 2.24) is 4.72 Å². The number of benzene rings is 1. The zero-order valence-electron chi connectivity index (χ0n) is 13.4. The van der Waals surface area contributed by atoms with Gasteiger partial charge in [-0.2, -0.15) is 0 Å². The summed E-state index contributed by atoms with van der Waals surface area (Å²) in [6.07, 6.45) is 1.37. The molecule has 1 atom stereocenters. The van der Waals surface area contributed by atoms with Crippen molar-refractivity contribution in [1.29, 1.82) is 0 Å². The topological polar surface area (TPSA) is 79.5 Å². The van der Waals surface area contributed by atoms with Gasteiger partial charge in [-0.05, 0) is 41.8 Å². The van der Waals surface area contributed by atoms with Crippen molar-refractivity contribution >= 4 is 21.4 Å². The van der Waals surface area contributed by atoms with Crippen LogP contribution in [-0.2, 0) is 21.4 Å². The van der Waals surface area contributed by atoms with Crippen LogP contribution in [0.1, 0.15) is 16.2 Å². The van der Waals surface area contributed by atoms with E-state index in [1.807, 2.05) is 0 Å². The zero-order valence-corrected chi connectivity index (χ0v) is 15.0. The van der Waals surface area contributed by atoms with Crippen LogP contribution in [0.2, 0.25) is 0 Å². The number of hydrogen-bond donors (Lipinski definition) is 2. The van der Waals surface area contributed by atoms with Crippen LogP contribution in [0, 0.1) is 11.6 Å². The molecule has 0 amide bonds. The fourth-order valence-corrected chi connectivity index (χ4v) is 4.44. The van der Waals surface area contributed by atoms with Crippen LogP contribution in [0.25, 0.3) is 0 Å². The molecule has 0 bridgehead atoms. The van der Waals surface area contributed by atoms with Gasteiger partial charge < -0.3 is 9.52 Å². The molecule has 1 aromatic carbocycles. The summed E-state index contributed by atoms with van der Waals surface area (Å²) in [7, 11) is -4.04. The number of aliphatic hydroxyl groups is 1. The first-order valence-corrected chi connectivity index (χ1v) is 10.0. The summed E-state index contributed by atoms with van der Waals surface area (Å²) in [5.74, 6) is -2.15. The van der Waals surface area contributed by atoms with E-state index in [1.165, 1.54) is 23.7 Å². The Balaban J connectivity index is 1.82. The minimum atomic E-state index is -4.04. The lowest BCUT2D eigenvalue weighted by atomic mass is 9.99. The first-order chi connectivity index (χ1) is 12.3. The number of hydrogen-bond acceptors (Lipinski definition) is 5. The lowest BCUT2D eigenvalue weighted by molar-refractivity contribution is 0.0655. The maximum atomic E-state index is 13.7. The number of furan rings is 1. The smallest absolute Gasteiger partial charge is 0.216 e. The maximum absolute atomic E-state index is 13.7. The van der Waals surface area contributed by atoms with Gasteiger partial charge in [0.2, 0.25) is 10.0 Å². The Bertz CT molecular complexity index is 936. The van der Waals surface area contributed by atoms with Crippen LogP contribution < -0.4 is 4.72 Å². The normalized spacial score (nSPS) is 14.3. The SMILES string of the molecule is O=S(=O)(Cc1cc(F)ccc1F)NCC(O)(c1ccco1)c1cccs1. The summed E-state index contributed by atoms with van der Waals surface area (Å²) in [6.45, 7) is -0.416. The molecular weight excluding hydrogens is 384 g/mol. The number of nitrogens with one attached hydrogen (secondary N) is 1. The van der Waals surface area contributed by atoms with E-state index in [4.69, 9.17) is 4.42 Å². The van der Waals surface area contributed by atoms with Gasteiger partial charge >= 0.3 is 0 Å². The van der Waals surface area contributed by atoms with Crippen molar-refractivity contribution in [2.45, 2.75) is 11.4 Å². The van der Waals surface area contributed by atoms with Gasteiger partial charge in [0.15, 0.2) is 5.60 Å². The van der Waals surface area contributed by atoms with Gasteiger partial charge in [-0.3, -0.25) is 0 Å². The molecule has 0 aliphatic rings. The Morgan fingerprint density at radius 3 is 2.65 bits per heavy atom. The minimum absolute atomic E-state index is 0.166. The van der Waals surface area contributed by atoms with Crippen LogP contribution in [0.5, 0.6) is 0 Å². The third-order valence-corrected chi connectivity index (χ3v) is 6.05. The summed E-state index contributed by atoms with van der Waals surface area (Å²) in [4.78, 5) is 0.479. The molecule has 1 unspecified atom stereocenters. The molecule has 0 aliphatic carbocycles. The molecular formula is C17H15F2NO4S2. The Hall–Kier alpha value is -2.07. The summed E-state index contributed by atoms with van der Waals surface area (Å²) < 4.78 is 59.1. The van der Waals surface area contributed by atoms with E-state index < -0.39 is 39.6 Å². The average Bonchev–Trinajstić information content (AvgIpc) is 3.29. The van der Waals surface area contributed by atoms with Crippen LogP contribution >= 0.6 is 11.3 Å². The van der Waals surface area contributed by atoms with Crippen molar-refractivity contribution in [3.8, 4) is 0 Å². The fourth-order valence-electron chi connectivity index (χ4n) is 2.45. The lowest BCUT2D eigenvalue weighted by Gasteiger charge is -2.25. The molecule has 2 aromatic heterocycles. The minimum Gasteiger partial charge on any atom is -0.466 e. The molecule has 2 heterocycles. The van der Waals surface area contributed by atoms with Crippen LogP contribution in [0.3, 0.4) is 0 Å². The van der Waals surface area contributed by atoms with Crippen molar-refractivity contribution < 1.29 is 26.7 Å². The van der Waals surface area contributed by atoms with Gasteiger partial charge in [0.25, 0.3) is 0 Å². The van der Waals surface area contributed by atoms with Gasteiger partial charge in [0, 0.05) is 10.4 Å². The van der Waals surface area contributed by atoms with E-state index in [9.17, 15) is 22.3 Å². The summed E-state index contributed by atoms with van der Waals surface area (Å²) in [6, 6.07) is 9.06. The maximum Gasteiger partial charge on any atom is 0.216 e. The van der Waals surface area contributed by atoms with E-state index >= 15 is 0 Å². The molecule has 3 rings (SSSR count). The van der Waals surface area contributed by atoms with Crippen LogP contribution in [-0.4, -0.2) is 20.1 Å². The number of rotatable bonds is 7. The number of sulfonamides is 1. The number of thiophene rings is 1. The summed E-state index contributed by atoms with van der Waals surface area (Å²) in [5, 5.41) is 12.8. The van der Waals surface area contributed by atoms with Crippen molar-refractivity contribution in [2.24, 2.45) is 0 Å². The van der Waals surface area contributed by atoms with Crippen LogP contribution in [0.4, 0.5) is 8.78 Å². The Morgan fingerprint density at radius 2 is 2.00 bits per heavy atom. The highest BCUT2D eigenvalue weighted by molar-refractivity contribution is 7.88. The second-order valence-electron chi connectivity index (χ2n) is 5.63. The molecule has 0 aliphatic heterocycles. The standard InChI is InChI=1S/C17H15F2NO4S2/c18-13-5-6-14(19)12(9-13)10-26(22,23)20-11-17(21,15-3-1-7-24-15)16-4-2-8-25-16/h1-9,20-21H,10-11H2. The molecule has 0 saturated heterocycles. The Morgan fingerprint density at radius 1 is 1.19 bits per heavy atom. The monoisotopic (exact) mass is 399 g/mol. The second-order valence-corrected chi connectivity index (χ2v) is 8.39. The van der Waals surface area contributed by atoms with Crippen molar-refractivity contribution in [3.63, 3.8) is 0 Å². The van der Waals surface area contributed by atoms with E-state index in [2.05, 4.69) is 4.72 Å². The molecule has 138 valence electrons. The summed E-state index contributed by atoms with van der Waals surface area (Å²) in [5.41, 5.74) is -2.01. The predicted octanol–water partition coefficient (Wildman–Crippen LogP) is 2.97. The Kier molecular flexibility index (Phi) is 5.24. The Labute approximate surface area is 153 Å². The molecule has 3 aromatic rings. The van der Waals surface area contributed by atoms with Crippen molar-refractivity contribution in [2.75, 3.05) is 6.54 Å². The largest absolute Gasteiger partial charge is 0.466 e. The highest BCUT2D eigenvalue weighted by Gasteiger charge is 2.37. The van der Waals surface area contributed by atoms with E-state index in [0.29, 0.717) is 4.88 Å². The third kappa shape index (κ3) is 4.01. The molecule has 26 heavy (non-hydrogen) atoms. The van der Waals surface area contributed by atoms with E-state index in [1.54, 1.807) is 23.6 Å². The molecule has 0 radical (unpaired) electrons. The highest BCUT2D eigenvalue weighted by Crippen LogP contribution is 2.32. The average molecular weight is 399 g/mol. The summed E-state index contributed by atoms with van der Waals surface area (Å²) >= 11 is 1.23. The van der Waals surface area contributed by atoms with Gasteiger partial charge in [-0.1, -0.05) is 6.07 Å². The molecule has 2 N–H and O–H groups in total. The predicted molar refractivity (Wildman–Crippen MR) is 93.0 cm³/mol. The first kappa shape index (κ1) is 18.7. The first-order valence-electron chi connectivity index (χ1n) is 7.52. The second kappa shape index (κ2) is 7.28. The lowest BCUT2D eigenvalue weighted by Crippen LogP contribution is -2.41. The van der Waals surface area contributed by atoms with Gasteiger partial charge in [-0.15, -0.1) is 11.3 Å². The van der Waals surface area contributed by atoms with Gasteiger partial charge in [-0.25, -0.2) is 21.9 Å². The van der Waals surface area contributed by atoms with E-state index in [0.717, 1.165) is 18.2 Å². The fraction of sp³-hybridized carbons (Fsp3) is 0.176. The molecule has 0 spiro atoms. The van der Waals surface area contributed by atoms with Gasteiger partial charge in [0.05, 0.1) is 18.6 Å². The quantitative estimate of drug-likeness (QED) is 0.640. The van der Waals surface area contributed by atoms with Gasteiger partial charge in [0.1, 0.15) is 17.4 Å². The molecule has 5 nitrogen and oxygen atoms in total. The van der Waals surface area contributed by atoms with Crippen LogP contribution in [0.15, 0.2) is 58.5 Å². The zero-order chi connectivity index (χ0) is 18.8. The highest BCUT2D eigenvalue weighted by atomic mass is 32.2. The third-order valence-electron chi connectivity index (χ3n) is 3.76.